The van der Waals surface area contributed by atoms with Crippen molar-refractivity contribution in [2.24, 2.45) is 5.92 Å². The second-order valence-corrected chi connectivity index (χ2v) is 4.19. The van der Waals surface area contributed by atoms with E-state index in [9.17, 15) is 9.18 Å². The van der Waals surface area contributed by atoms with Crippen LogP contribution in [-0.4, -0.2) is 26.5 Å². The Morgan fingerprint density at radius 1 is 1.44 bits per heavy atom. The molecule has 1 aliphatic carbocycles. The molecule has 3 rings (SSSR count). The van der Waals surface area contributed by atoms with Crippen molar-refractivity contribution < 1.29 is 9.18 Å². The lowest BCUT2D eigenvalue weighted by Gasteiger charge is -2.06. The summed E-state index contributed by atoms with van der Waals surface area (Å²) in [6.45, 7) is 0. The third-order valence-corrected chi connectivity index (χ3v) is 2.78. The number of nitrogens with zero attached hydrogens (tertiary/aromatic N) is 3. The minimum atomic E-state index is -0.476. The number of anilines is 1. The van der Waals surface area contributed by atoms with Gasteiger partial charge in [-0.25, -0.2) is 4.39 Å². The summed E-state index contributed by atoms with van der Waals surface area (Å²) in [6, 6.07) is 4.31. The quantitative estimate of drug-likeness (QED) is 0.857. The molecule has 1 saturated carbocycles. The third-order valence-electron chi connectivity index (χ3n) is 2.78. The van der Waals surface area contributed by atoms with Crippen LogP contribution in [-0.2, 0) is 4.79 Å². The average molecular weight is 247 g/mol. The molecule has 0 aliphatic heterocycles. The number of halogens is 1. The van der Waals surface area contributed by atoms with Crippen LogP contribution in [0.5, 0.6) is 0 Å². The summed E-state index contributed by atoms with van der Waals surface area (Å²) < 4.78 is 13.6. The molecular weight excluding hydrogens is 237 g/mol. The highest BCUT2D eigenvalue weighted by molar-refractivity contribution is 5.94. The Bertz CT molecular complexity index is 579. The summed E-state index contributed by atoms with van der Waals surface area (Å²) >= 11 is 0. The Balaban J connectivity index is 1.88. The minimum absolute atomic E-state index is 0.0261. The fourth-order valence-corrected chi connectivity index (χ4v) is 1.62. The molecule has 1 aliphatic rings. The van der Waals surface area contributed by atoms with Crippen LogP contribution in [0, 0.1) is 11.7 Å². The molecule has 1 heterocycles. The minimum Gasteiger partial charge on any atom is -0.323 e. The Morgan fingerprint density at radius 3 is 2.94 bits per heavy atom. The van der Waals surface area contributed by atoms with Gasteiger partial charge in [-0.1, -0.05) is 0 Å². The Morgan fingerprint density at radius 2 is 2.28 bits per heavy atom. The van der Waals surface area contributed by atoms with E-state index < -0.39 is 5.82 Å². The van der Waals surface area contributed by atoms with Gasteiger partial charge in [0.25, 0.3) is 0 Å². The van der Waals surface area contributed by atoms with Crippen LogP contribution in [0.25, 0.3) is 11.4 Å². The summed E-state index contributed by atoms with van der Waals surface area (Å²) in [4.78, 5) is 11.6. The van der Waals surface area contributed by atoms with Crippen molar-refractivity contribution in [3.8, 4) is 11.4 Å². The number of aromatic amines is 1. The molecule has 2 N–H and O–H groups in total. The van der Waals surface area contributed by atoms with E-state index in [-0.39, 0.29) is 17.5 Å². The molecule has 18 heavy (non-hydrogen) atoms. The van der Waals surface area contributed by atoms with Crippen LogP contribution < -0.4 is 5.32 Å². The van der Waals surface area contributed by atoms with E-state index in [4.69, 9.17) is 0 Å². The lowest BCUT2D eigenvalue weighted by molar-refractivity contribution is -0.117. The van der Waals surface area contributed by atoms with Crippen LogP contribution in [0.2, 0.25) is 0 Å². The molecule has 0 radical (unpaired) electrons. The largest absolute Gasteiger partial charge is 0.323 e. The van der Waals surface area contributed by atoms with Crippen molar-refractivity contribution in [3.63, 3.8) is 0 Å². The van der Waals surface area contributed by atoms with Gasteiger partial charge in [-0.05, 0) is 36.3 Å². The maximum atomic E-state index is 13.6. The van der Waals surface area contributed by atoms with Gasteiger partial charge < -0.3 is 5.32 Å². The van der Waals surface area contributed by atoms with Gasteiger partial charge in [-0.15, -0.1) is 10.2 Å². The molecular formula is C11H10FN5O. The summed E-state index contributed by atoms with van der Waals surface area (Å²) in [7, 11) is 0. The van der Waals surface area contributed by atoms with E-state index in [0.717, 1.165) is 12.8 Å². The highest BCUT2D eigenvalue weighted by Crippen LogP contribution is 2.31. The molecule has 1 fully saturated rings. The summed E-state index contributed by atoms with van der Waals surface area (Å²) in [6.07, 6.45) is 1.75. The molecule has 1 aromatic carbocycles. The van der Waals surface area contributed by atoms with Crippen molar-refractivity contribution in [1.82, 2.24) is 20.6 Å². The van der Waals surface area contributed by atoms with Gasteiger partial charge in [0, 0.05) is 11.5 Å². The SMILES string of the molecule is O=C(Nc1cc(-c2nn[nH]n2)ccc1F)C1CC1. The molecule has 6 nitrogen and oxygen atoms in total. The van der Waals surface area contributed by atoms with Crippen LogP contribution in [0.1, 0.15) is 12.8 Å². The van der Waals surface area contributed by atoms with Crippen molar-refractivity contribution in [3.05, 3.63) is 24.0 Å². The van der Waals surface area contributed by atoms with Crippen LogP contribution in [0.3, 0.4) is 0 Å². The molecule has 0 atom stereocenters. The van der Waals surface area contributed by atoms with Crippen molar-refractivity contribution in [2.75, 3.05) is 5.32 Å². The summed E-state index contributed by atoms with van der Waals surface area (Å²) in [5.41, 5.74) is 0.741. The van der Waals surface area contributed by atoms with E-state index in [2.05, 4.69) is 25.9 Å². The predicted octanol–water partition coefficient (Wildman–Crippen LogP) is 1.35. The Labute approximate surface area is 102 Å². The Kier molecular flexibility index (Phi) is 2.51. The monoisotopic (exact) mass is 247 g/mol. The van der Waals surface area contributed by atoms with Gasteiger partial charge in [0.05, 0.1) is 5.69 Å². The number of carbonyl (C=O) groups is 1. The maximum Gasteiger partial charge on any atom is 0.227 e. The van der Waals surface area contributed by atoms with E-state index in [0.29, 0.717) is 11.4 Å². The third kappa shape index (κ3) is 2.06. The van der Waals surface area contributed by atoms with Crippen molar-refractivity contribution in [2.45, 2.75) is 12.8 Å². The second-order valence-electron chi connectivity index (χ2n) is 4.19. The van der Waals surface area contributed by atoms with E-state index in [1.807, 2.05) is 0 Å². The molecule has 0 spiro atoms. The fourth-order valence-electron chi connectivity index (χ4n) is 1.62. The number of carbonyl (C=O) groups excluding carboxylic acids is 1. The van der Waals surface area contributed by atoms with Crippen LogP contribution >= 0.6 is 0 Å². The van der Waals surface area contributed by atoms with Gasteiger partial charge in [0.15, 0.2) is 0 Å². The first-order chi connectivity index (χ1) is 8.74. The number of nitrogens with one attached hydrogen (secondary N) is 2. The summed E-state index contributed by atoms with van der Waals surface area (Å²) in [5, 5.41) is 15.9. The van der Waals surface area contributed by atoms with Gasteiger partial charge in [0.2, 0.25) is 11.7 Å². The van der Waals surface area contributed by atoms with Crippen LogP contribution in [0.15, 0.2) is 18.2 Å². The van der Waals surface area contributed by atoms with E-state index in [1.165, 1.54) is 18.2 Å². The van der Waals surface area contributed by atoms with Crippen molar-refractivity contribution >= 4 is 11.6 Å². The first-order valence-corrected chi connectivity index (χ1v) is 5.58. The number of hydrogen-bond donors (Lipinski definition) is 2. The van der Waals surface area contributed by atoms with Gasteiger partial charge >= 0.3 is 0 Å². The molecule has 0 saturated heterocycles. The number of rotatable bonds is 3. The molecule has 7 heteroatoms. The predicted molar refractivity (Wildman–Crippen MR) is 60.9 cm³/mol. The zero-order chi connectivity index (χ0) is 12.5. The van der Waals surface area contributed by atoms with Gasteiger partial charge in [-0.2, -0.15) is 5.21 Å². The van der Waals surface area contributed by atoms with Crippen molar-refractivity contribution in [1.29, 1.82) is 0 Å². The molecule has 1 amide bonds. The zero-order valence-electron chi connectivity index (χ0n) is 9.35. The molecule has 2 aromatic rings. The Hall–Kier alpha value is -2.31. The number of amides is 1. The highest BCUT2D eigenvalue weighted by atomic mass is 19.1. The second kappa shape index (κ2) is 4.17. The van der Waals surface area contributed by atoms with E-state index >= 15 is 0 Å². The first kappa shape index (κ1) is 10.8. The molecule has 92 valence electrons. The van der Waals surface area contributed by atoms with Gasteiger partial charge in [0.1, 0.15) is 5.82 Å². The lowest BCUT2D eigenvalue weighted by atomic mass is 10.2. The average Bonchev–Trinajstić information content (AvgIpc) is 3.08. The topological polar surface area (TPSA) is 83.6 Å². The fraction of sp³-hybridized carbons (Fsp3) is 0.273. The standard InChI is InChI=1S/C11H10FN5O/c12-8-4-3-7(10-14-16-17-15-10)5-9(8)13-11(18)6-1-2-6/h3-6H,1-2H2,(H,13,18)(H,14,15,16,17). The lowest BCUT2D eigenvalue weighted by Crippen LogP contribution is -2.14. The van der Waals surface area contributed by atoms with Crippen LogP contribution in [0.4, 0.5) is 10.1 Å². The molecule has 0 unspecified atom stereocenters. The number of aromatic nitrogens is 4. The highest BCUT2D eigenvalue weighted by Gasteiger charge is 2.30. The van der Waals surface area contributed by atoms with Gasteiger partial charge in [-0.3, -0.25) is 4.79 Å². The summed E-state index contributed by atoms with van der Waals surface area (Å²) in [5.74, 6) is -0.231. The maximum absolute atomic E-state index is 13.6. The zero-order valence-corrected chi connectivity index (χ0v) is 9.35. The normalized spacial score (nSPS) is 14.5. The first-order valence-electron chi connectivity index (χ1n) is 5.58. The molecule has 0 bridgehead atoms. The number of tetrazole rings is 1. The number of hydrogen-bond acceptors (Lipinski definition) is 4. The smallest absolute Gasteiger partial charge is 0.227 e. The molecule has 1 aromatic heterocycles. The van der Waals surface area contributed by atoms with E-state index in [1.54, 1.807) is 0 Å². The number of H-pyrrole nitrogens is 1. The number of benzene rings is 1.